The highest BCUT2D eigenvalue weighted by molar-refractivity contribution is 7.19. The Hall–Kier alpha value is -3.86. The van der Waals surface area contributed by atoms with Gasteiger partial charge in [-0.1, -0.05) is 6.08 Å². The fourth-order valence-corrected chi connectivity index (χ4v) is 6.99. The number of ether oxygens (including phenoxy) is 2. The average molecular weight is 599 g/mol. The molecule has 43 heavy (non-hydrogen) atoms. The normalized spacial score (nSPS) is 20.9. The van der Waals surface area contributed by atoms with Crippen LogP contribution < -0.4 is 10.1 Å². The molecular formula is C33H38N6O3S. The summed E-state index contributed by atoms with van der Waals surface area (Å²) in [6.45, 7) is 13.2. The Morgan fingerprint density at radius 2 is 2.02 bits per heavy atom. The summed E-state index contributed by atoms with van der Waals surface area (Å²) in [5.41, 5.74) is 4.09. The van der Waals surface area contributed by atoms with Gasteiger partial charge < -0.3 is 19.7 Å². The Balaban J connectivity index is 1.13. The molecule has 0 spiro atoms. The zero-order valence-electron chi connectivity index (χ0n) is 25.3. The number of pyridine rings is 1. The van der Waals surface area contributed by atoms with Crippen LogP contribution in [0.1, 0.15) is 42.5 Å². The van der Waals surface area contributed by atoms with E-state index in [1.165, 1.54) is 10.4 Å². The highest BCUT2D eigenvalue weighted by Gasteiger charge is 2.29. The largest absolute Gasteiger partial charge is 0.455 e. The predicted octanol–water partition coefficient (Wildman–Crippen LogP) is 6.18. The van der Waals surface area contributed by atoms with Crippen LogP contribution in [0.2, 0.25) is 0 Å². The van der Waals surface area contributed by atoms with Gasteiger partial charge in [-0.05, 0) is 82.5 Å². The Morgan fingerprint density at radius 1 is 1.16 bits per heavy atom. The minimum Gasteiger partial charge on any atom is -0.455 e. The number of rotatable bonds is 7. The molecule has 0 bridgehead atoms. The number of benzene rings is 1. The molecule has 1 aromatic carbocycles. The van der Waals surface area contributed by atoms with Crippen LogP contribution in [0.3, 0.4) is 0 Å². The van der Waals surface area contributed by atoms with Crippen molar-refractivity contribution in [3.05, 3.63) is 76.7 Å². The van der Waals surface area contributed by atoms with Crippen molar-refractivity contribution in [1.82, 2.24) is 24.8 Å². The summed E-state index contributed by atoms with van der Waals surface area (Å²) in [5.74, 6) is 2.31. The third-order valence-corrected chi connectivity index (χ3v) is 9.42. The monoisotopic (exact) mass is 598 g/mol. The van der Waals surface area contributed by atoms with Crippen molar-refractivity contribution in [3.63, 3.8) is 0 Å². The first-order valence-corrected chi connectivity index (χ1v) is 15.6. The molecule has 3 unspecified atom stereocenters. The standard InChI is InChI=1S/C33H38N6O3S/c1-20-15-25(9-11-28(20)42-26-10-8-21(2)34-16-26)37-32-31-27-12-14-39(18-29(27)43-33(31)36-19-35-32)30(40)7-6-13-38-17-22(3)41-24(5)23(38)4/h6-11,15-16,19,22-24H,12-14,17-18H2,1-5H3,(H,35,36,37)/b7-6+. The van der Waals surface area contributed by atoms with Gasteiger partial charge in [-0.2, -0.15) is 0 Å². The lowest BCUT2D eigenvalue weighted by molar-refractivity contribution is -0.126. The molecule has 1 saturated heterocycles. The number of fused-ring (bicyclic) bond motifs is 3. The van der Waals surface area contributed by atoms with E-state index in [1.54, 1.807) is 29.9 Å². The predicted molar refractivity (Wildman–Crippen MR) is 170 cm³/mol. The lowest BCUT2D eigenvalue weighted by atomic mass is 10.0. The van der Waals surface area contributed by atoms with Crippen molar-refractivity contribution in [2.24, 2.45) is 0 Å². The zero-order valence-corrected chi connectivity index (χ0v) is 26.1. The Morgan fingerprint density at radius 3 is 2.81 bits per heavy atom. The quantitative estimate of drug-likeness (QED) is 0.252. The maximum atomic E-state index is 13.1. The third-order valence-electron chi connectivity index (χ3n) is 8.29. The molecule has 9 nitrogen and oxygen atoms in total. The average Bonchev–Trinajstić information content (AvgIpc) is 3.37. The smallest absolute Gasteiger partial charge is 0.246 e. The van der Waals surface area contributed by atoms with E-state index in [4.69, 9.17) is 9.47 Å². The summed E-state index contributed by atoms with van der Waals surface area (Å²) in [7, 11) is 0. The molecule has 3 aromatic heterocycles. The SMILES string of the molecule is Cc1ccc(Oc2ccc(Nc3ncnc4sc5c(c34)CCN(C(=O)/C=C/CN3CC(C)OC(C)C3C)C5)cc2C)cn1. The second kappa shape index (κ2) is 12.4. The van der Waals surface area contributed by atoms with E-state index in [9.17, 15) is 4.79 Å². The molecule has 10 heteroatoms. The number of aryl methyl sites for hydroxylation is 2. The van der Waals surface area contributed by atoms with Gasteiger partial charge in [0.1, 0.15) is 28.5 Å². The molecule has 1 N–H and O–H groups in total. The van der Waals surface area contributed by atoms with Crippen molar-refractivity contribution in [1.29, 1.82) is 0 Å². The van der Waals surface area contributed by atoms with Crippen LogP contribution in [-0.4, -0.2) is 68.5 Å². The molecule has 224 valence electrons. The van der Waals surface area contributed by atoms with E-state index >= 15 is 0 Å². The number of aromatic nitrogens is 3. The number of carbonyl (C=O) groups is 1. The van der Waals surface area contributed by atoms with Crippen LogP contribution in [-0.2, 0) is 22.5 Å². The molecule has 5 heterocycles. The van der Waals surface area contributed by atoms with Crippen LogP contribution in [0.4, 0.5) is 11.5 Å². The lowest BCUT2D eigenvalue weighted by Crippen LogP contribution is -2.51. The van der Waals surface area contributed by atoms with Crippen LogP contribution in [0.25, 0.3) is 10.2 Å². The summed E-state index contributed by atoms with van der Waals surface area (Å²) in [4.78, 5) is 33.0. The number of nitrogens with zero attached hydrogens (tertiary/aromatic N) is 5. The number of morpholine rings is 1. The van der Waals surface area contributed by atoms with Gasteiger partial charge in [-0.15, -0.1) is 11.3 Å². The topological polar surface area (TPSA) is 92.7 Å². The van der Waals surface area contributed by atoms with E-state index in [0.717, 1.165) is 58.2 Å². The molecular weight excluding hydrogens is 560 g/mol. The Bertz CT molecular complexity index is 1650. The highest BCUT2D eigenvalue weighted by atomic mass is 32.1. The van der Waals surface area contributed by atoms with E-state index in [1.807, 2.05) is 49.1 Å². The number of nitrogens with one attached hydrogen (secondary N) is 1. The maximum absolute atomic E-state index is 13.1. The fourth-order valence-electron chi connectivity index (χ4n) is 5.78. The third kappa shape index (κ3) is 6.41. The first kappa shape index (κ1) is 29.2. The molecule has 4 aromatic rings. The van der Waals surface area contributed by atoms with Crippen LogP contribution >= 0.6 is 11.3 Å². The fraction of sp³-hybridized carbons (Fsp3) is 0.394. The first-order chi connectivity index (χ1) is 20.7. The van der Waals surface area contributed by atoms with E-state index in [2.05, 4.69) is 52.0 Å². The number of amides is 1. The summed E-state index contributed by atoms with van der Waals surface area (Å²) in [5, 5.41) is 4.55. The van der Waals surface area contributed by atoms with Gasteiger partial charge in [0.05, 0.1) is 30.3 Å². The van der Waals surface area contributed by atoms with Crippen molar-refractivity contribution in [3.8, 4) is 11.5 Å². The van der Waals surface area contributed by atoms with Crippen LogP contribution in [0.5, 0.6) is 11.5 Å². The lowest BCUT2D eigenvalue weighted by Gasteiger charge is -2.40. The second-order valence-corrected chi connectivity index (χ2v) is 12.6. The van der Waals surface area contributed by atoms with E-state index < -0.39 is 0 Å². The van der Waals surface area contributed by atoms with Gasteiger partial charge in [-0.25, -0.2) is 9.97 Å². The van der Waals surface area contributed by atoms with Gasteiger partial charge in [0, 0.05) is 48.0 Å². The van der Waals surface area contributed by atoms with Gasteiger partial charge in [0.15, 0.2) is 0 Å². The molecule has 0 aliphatic carbocycles. The highest BCUT2D eigenvalue weighted by Crippen LogP contribution is 2.38. The minimum atomic E-state index is 0.0498. The van der Waals surface area contributed by atoms with Gasteiger partial charge in [0.2, 0.25) is 5.91 Å². The van der Waals surface area contributed by atoms with Crippen molar-refractivity contribution in [2.45, 2.75) is 65.8 Å². The van der Waals surface area contributed by atoms with Gasteiger partial charge in [-0.3, -0.25) is 14.7 Å². The van der Waals surface area contributed by atoms with Crippen LogP contribution in [0, 0.1) is 13.8 Å². The van der Waals surface area contributed by atoms with E-state index in [0.29, 0.717) is 24.9 Å². The first-order valence-electron chi connectivity index (χ1n) is 14.8. The second-order valence-electron chi connectivity index (χ2n) is 11.5. The number of hydrogen-bond donors (Lipinski definition) is 1. The minimum absolute atomic E-state index is 0.0498. The molecule has 1 fully saturated rings. The molecule has 0 saturated carbocycles. The number of thiophene rings is 1. The molecule has 2 aliphatic rings. The summed E-state index contributed by atoms with van der Waals surface area (Å²) < 4.78 is 12.0. The summed E-state index contributed by atoms with van der Waals surface area (Å²) in [6.07, 6.45) is 8.20. The maximum Gasteiger partial charge on any atom is 0.246 e. The molecule has 0 radical (unpaired) electrons. The summed E-state index contributed by atoms with van der Waals surface area (Å²) in [6, 6.07) is 10.2. The van der Waals surface area contributed by atoms with Gasteiger partial charge in [0.25, 0.3) is 0 Å². The molecule has 6 rings (SSSR count). The van der Waals surface area contributed by atoms with Crippen molar-refractivity contribution >= 4 is 39.0 Å². The zero-order chi connectivity index (χ0) is 30.1. The number of carbonyl (C=O) groups excluding carboxylic acids is 1. The molecule has 3 atom stereocenters. The Kier molecular flexibility index (Phi) is 8.43. The van der Waals surface area contributed by atoms with E-state index in [-0.39, 0.29) is 18.1 Å². The number of hydrogen-bond acceptors (Lipinski definition) is 9. The van der Waals surface area contributed by atoms with Crippen LogP contribution in [0.15, 0.2) is 55.0 Å². The van der Waals surface area contributed by atoms with Crippen molar-refractivity contribution in [2.75, 3.05) is 25.0 Å². The van der Waals surface area contributed by atoms with Crippen molar-refractivity contribution < 1.29 is 14.3 Å². The molecule has 1 amide bonds. The van der Waals surface area contributed by atoms with Gasteiger partial charge >= 0.3 is 0 Å². The summed E-state index contributed by atoms with van der Waals surface area (Å²) >= 11 is 1.64. The number of anilines is 2. The Labute approximate surface area is 256 Å². The molecule has 2 aliphatic heterocycles.